The second-order valence-corrected chi connectivity index (χ2v) is 8.73. The van der Waals surface area contributed by atoms with Crippen molar-refractivity contribution in [2.24, 2.45) is 0 Å². The standard InChI is InChI=1S/C18H13BrCl2N2O3S/c19-10-1-3-13(4-2-10)22-16(24)9-27-15-8-17(25)23(18(15)26)14-6-11(20)5-12(21)7-14/h1-7,15H,8-9H2,(H,22,24). The molecule has 1 aliphatic rings. The summed E-state index contributed by atoms with van der Waals surface area (Å²) in [5.74, 6) is -0.903. The highest BCUT2D eigenvalue weighted by atomic mass is 79.9. The predicted molar refractivity (Wildman–Crippen MR) is 113 cm³/mol. The Morgan fingerprint density at radius 3 is 2.41 bits per heavy atom. The Bertz CT molecular complexity index is 888. The number of rotatable bonds is 5. The van der Waals surface area contributed by atoms with Crippen LogP contribution in [0.25, 0.3) is 0 Å². The number of carbonyl (C=O) groups excluding carboxylic acids is 3. The van der Waals surface area contributed by atoms with Gasteiger partial charge in [0.05, 0.1) is 16.7 Å². The van der Waals surface area contributed by atoms with E-state index >= 15 is 0 Å². The van der Waals surface area contributed by atoms with Crippen molar-refractivity contribution in [3.63, 3.8) is 0 Å². The molecule has 140 valence electrons. The molecule has 0 spiro atoms. The van der Waals surface area contributed by atoms with Crippen LogP contribution >= 0.6 is 50.9 Å². The quantitative estimate of drug-likeness (QED) is 0.617. The number of carbonyl (C=O) groups is 3. The van der Waals surface area contributed by atoms with Crippen LogP contribution in [0.5, 0.6) is 0 Å². The molecule has 0 aliphatic carbocycles. The third-order valence-electron chi connectivity index (χ3n) is 3.75. The number of imide groups is 1. The number of halogens is 3. The first-order valence-corrected chi connectivity index (χ1v) is 10.4. The van der Waals surface area contributed by atoms with Crippen molar-refractivity contribution in [2.45, 2.75) is 11.7 Å². The maximum absolute atomic E-state index is 12.6. The Morgan fingerprint density at radius 2 is 1.78 bits per heavy atom. The van der Waals surface area contributed by atoms with Gasteiger partial charge in [-0.1, -0.05) is 39.1 Å². The number of amides is 3. The SMILES string of the molecule is O=C(CSC1CC(=O)N(c2cc(Cl)cc(Cl)c2)C1=O)Nc1ccc(Br)cc1. The average Bonchev–Trinajstić information content (AvgIpc) is 2.88. The molecule has 0 saturated carbocycles. The maximum atomic E-state index is 12.6. The van der Waals surface area contributed by atoms with E-state index in [2.05, 4.69) is 21.2 Å². The maximum Gasteiger partial charge on any atom is 0.247 e. The van der Waals surface area contributed by atoms with Gasteiger partial charge in [-0.2, -0.15) is 0 Å². The first kappa shape index (κ1) is 20.2. The van der Waals surface area contributed by atoms with Crippen LogP contribution in [0.4, 0.5) is 11.4 Å². The van der Waals surface area contributed by atoms with Crippen LogP contribution in [0.2, 0.25) is 10.0 Å². The van der Waals surface area contributed by atoms with Gasteiger partial charge in [0.25, 0.3) is 0 Å². The number of nitrogens with zero attached hydrogens (tertiary/aromatic N) is 1. The monoisotopic (exact) mass is 486 g/mol. The molecule has 0 bridgehead atoms. The summed E-state index contributed by atoms with van der Waals surface area (Å²) in [6.45, 7) is 0. The van der Waals surface area contributed by atoms with Crippen LogP contribution in [0.15, 0.2) is 46.9 Å². The summed E-state index contributed by atoms with van der Waals surface area (Å²) in [6.07, 6.45) is 0.0270. The summed E-state index contributed by atoms with van der Waals surface area (Å²) < 4.78 is 0.908. The van der Waals surface area contributed by atoms with E-state index in [1.807, 2.05) is 12.1 Å². The molecule has 0 aromatic heterocycles. The Kier molecular flexibility index (Phi) is 6.47. The lowest BCUT2D eigenvalue weighted by Crippen LogP contribution is -2.31. The van der Waals surface area contributed by atoms with Crippen LogP contribution in [-0.4, -0.2) is 28.7 Å². The zero-order chi connectivity index (χ0) is 19.6. The highest BCUT2D eigenvalue weighted by Crippen LogP contribution is 2.33. The zero-order valence-corrected chi connectivity index (χ0v) is 17.7. The largest absolute Gasteiger partial charge is 0.325 e. The molecule has 3 amide bonds. The number of anilines is 2. The second kappa shape index (κ2) is 8.65. The van der Waals surface area contributed by atoms with Gasteiger partial charge in [0.15, 0.2) is 0 Å². The first-order valence-electron chi connectivity index (χ1n) is 7.83. The number of nitrogens with one attached hydrogen (secondary N) is 1. The lowest BCUT2D eigenvalue weighted by Gasteiger charge is -2.15. The van der Waals surface area contributed by atoms with Gasteiger partial charge in [-0.15, -0.1) is 11.8 Å². The molecule has 2 aromatic carbocycles. The molecule has 1 atom stereocenters. The van der Waals surface area contributed by atoms with E-state index in [4.69, 9.17) is 23.2 Å². The van der Waals surface area contributed by atoms with Crippen LogP contribution < -0.4 is 10.2 Å². The van der Waals surface area contributed by atoms with Gasteiger partial charge in [-0.3, -0.25) is 14.4 Å². The fourth-order valence-corrected chi connectivity index (χ4v) is 4.29. The van der Waals surface area contributed by atoms with E-state index < -0.39 is 5.25 Å². The Labute approximate surface area is 178 Å². The lowest BCUT2D eigenvalue weighted by atomic mass is 10.3. The van der Waals surface area contributed by atoms with E-state index in [1.165, 1.54) is 18.2 Å². The summed E-state index contributed by atoms with van der Waals surface area (Å²) >= 11 is 16.4. The van der Waals surface area contributed by atoms with Gasteiger partial charge >= 0.3 is 0 Å². The Morgan fingerprint density at radius 1 is 1.15 bits per heavy atom. The topological polar surface area (TPSA) is 66.5 Å². The molecule has 1 fully saturated rings. The third-order valence-corrected chi connectivity index (χ3v) is 5.92. The molecule has 9 heteroatoms. The van der Waals surface area contributed by atoms with Crippen LogP contribution in [-0.2, 0) is 14.4 Å². The number of hydrogen-bond acceptors (Lipinski definition) is 4. The molecule has 1 N–H and O–H groups in total. The lowest BCUT2D eigenvalue weighted by molar-refractivity contribution is -0.121. The summed E-state index contributed by atoms with van der Waals surface area (Å²) in [4.78, 5) is 38.1. The third kappa shape index (κ3) is 5.04. The van der Waals surface area contributed by atoms with Gasteiger partial charge < -0.3 is 5.32 Å². The number of hydrogen-bond donors (Lipinski definition) is 1. The smallest absolute Gasteiger partial charge is 0.247 e. The van der Waals surface area contributed by atoms with Crippen LogP contribution in [0.1, 0.15) is 6.42 Å². The van der Waals surface area contributed by atoms with Gasteiger partial charge in [-0.05, 0) is 42.5 Å². The van der Waals surface area contributed by atoms with E-state index in [0.29, 0.717) is 21.4 Å². The zero-order valence-electron chi connectivity index (χ0n) is 13.7. The van der Waals surface area contributed by atoms with Crippen LogP contribution in [0, 0.1) is 0 Å². The molecule has 1 aliphatic heterocycles. The molecule has 1 saturated heterocycles. The van der Waals surface area contributed by atoms with Crippen molar-refractivity contribution in [1.82, 2.24) is 0 Å². The molecule has 27 heavy (non-hydrogen) atoms. The first-order chi connectivity index (χ1) is 12.8. The molecule has 1 heterocycles. The fourth-order valence-electron chi connectivity index (χ4n) is 2.58. The van der Waals surface area contributed by atoms with Crippen LogP contribution in [0.3, 0.4) is 0 Å². The minimum absolute atomic E-state index is 0.0270. The van der Waals surface area contributed by atoms with Crippen molar-refractivity contribution in [3.8, 4) is 0 Å². The minimum atomic E-state index is -0.620. The molecule has 5 nitrogen and oxygen atoms in total. The summed E-state index contributed by atoms with van der Waals surface area (Å²) in [5, 5.41) is 2.80. The van der Waals surface area contributed by atoms with Crippen molar-refractivity contribution in [2.75, 3.05) is 16.0 Å². The van der Waals surface area contributed by atoms with E-state index in [9.17, 15) is 14.4 Å². The number of thioether (sulfide) groups is 1. The molecule has 0 radical (unpaired) electrons. The van der Waals surface area contributed by atoms with Gasteiger partial charge in [0, 0.05) is 26.6 Å². The highest BCUT2D eigenvalue weighted by Gasteiger charge is 2.40. The van der Waals surface area contributed by atoms with Crippen molar-refractivity contribution < 1.29 is 14.4 Å². The van der Waals surface area contributed by atoms with Gasteiger partial charge in [0.2, 0.25) is 17.7 Å². The summed E-state index contributed by atoms with van der Waals surface area (Å²) in [6, 6.07) is 11.7. The summed E-state index contributed by atoms with van der Waals surface area (Å²) in [5.41, 5.74) is 0.998. The van der Waals surface area contributed by atoms with Crippen molar-refractivity contribution in [1.29, 1.82) is 0 Å². The van der Waals surface area contributed by atoms with Crippen molar-refractivity contribution in [3.05, 3.63) is 57.0 Å². The molecular weight excluding hydrogens is 475 g/mol. The van der Waals surface area contributed by atoms with E-state index in [-0.39, 0.29) is 29.9 Å². The van der Waals surface area contributed by atoms with Gasteiger partial charge in [0.1, 0.15) is 0 Å². The molecule has 2 aromatic rings. The average molecular weight is 488 g/mol. The van der Waals surface area contributed by atoms with E-state index in [0.717, 1.165) is 21.1 Å². The van der Waals surface area contributed by atoms with E-state index in [1.54, 1.807) is 12.1 Å². The molecular formula is C18H13BrCl2N2O3S. The minimum Gasteiger partial charge on any atom is -0.325 e. The molecule has 1 unspecified atom stereocenters. The Hall–Kier alpha value is -1.54. The van der Waals surface area contributed by atoms with Gasteiger partial charge in [-0.25, -0.2) is 4.90 Å². The normalized spacial score (nSPS) is 16.7. The van der Waals surface area contributed by atoms with Crippen molar-refractivity contribution >= 4 is 80.0 Å². The Balaban J connectivity index is 1.61. The predicted octanol–water partition coefficient (Wildman–Crippen LogP) is 4.76. The highest BCUT2D eigenvalue weighted by molar-refractivity contribution is 9.10. The molecule has 3 rings (SSSR count). The fraction of sp³-hybridized carbons (Fsp3) is 0.167. The second-order valence-electron chi connectivity index (χ2n) is 5.75. The summed E-state index contributed by atoms with van der Waals surface area (Å²) in [7, 11) is 0. The number of benzene rings is 2.